The van der Waals surface area contributed by atoms with Gasteiger partial charge in [0.05, 0.1) is 30.5 Å². The van der Waals surface area contributed by atoms with Gasteiger partial charge in [0.2, 0.25) is 0 Å². The predicted molar refractivity (Wildman–Crippen MR) is 97.3 cm³/mol. The minimum absolute atomic E-state index is 0.185. The van der Waals surface area contributed by atoms with Crippen LogP contribution in [0.25, 0.3) is 0 Å². The lowest BCUT2D eigenvalue weighted by Gasteiger charge is -2.13. The third-order valence-corrected chi connectivity index (χ3v) is 4.19. The number of nitrogens with one attached hydrogen (secondary N) is 3. The number of rotatable bonds is 5. The average molecular weight is 353 g/mol. The van der Waals surface area contributed by atoms with Crippen LogP contribution in [0.3, 0.4) is 0 Å². The lowest BCUT2D eigenvalue weighted by atomic mass is 9.96. The largest absolute Gasteiger partial charge is 0.348 e. The highest BCUT2D eigenvalue weighted by atomic mass is 19.1. The van der Waals surface area contributed by atoms with Crippen molar-refractivity contribution in [3.8, 4) is 0 Å². The van der Waals surface area contributed by atoms with Crippen molar-refractivity contribution in [2.45, 2.75) is 26.3 Å². The van der Waals surface area contributed by atoms with Crippen LogP contribution in [-0.4, -0.2) is 21.0 Å². The van der Waals surface area contributed by atoms with Crippen LogP contribution in [0.1, 0.15) is 35.5 Å². The van der Waals surface area contributed by atoms with Crippen molar-refractivity contribution < 1.29 is 9.18 Å². The molecule has 3 aromatic rings. The molecule has 0 bridgehead atoms. The number of aryl methyl sites for hydroxylation is 1. The van der Waals surface area contributed by atoms with Gasteiger partial charge in [-0.25, -0.2) is 14.2 Å². The Hall–Kier alpha value is -3.22. The standard InChI is InChI=1S/C19H20FN5O/c1-12(18-13(2)23-11-24-18)14-3-6-16(7-4-14)25-19(26)22-10-17-8-5-15(20)9-21-17/h3-9,11-12H,10H2,1-2H3,(H,23,24)(H2,22,25,26)/t12-/m1/s1. The van der Waals surface area contributed by atoms with E-state index in [4.69, 9.17) is 0 Å². The van der Waals surface area contributed by atoms with Crippen LogP contribution in [0, 0.1) is 12.7 Å². The summed E-state index contributed by atoms with van der Waals surface area (Å²) in [6, 6.07) is 10.2. The molecule has 1 atom stereocenters. The summed E-state index contributed by atoms with van der Waals surface area (Å²) < 4.78 is 12.8. The van der Waals surface area contributed by atoms with Crippen LogP contribution in [0.15, 0.2) is 48.9 Å². The van der Waals surface area contributed by atoms with Gasteiger partial charge in [0.25, 0.3) is 0 Å². The van der Waals surface area contributed by atoms with Crippen molar-refractivity contribution in [3.63, 3.8) is 0 Å². The van der Waals surface area contributed by atoms with Gasteiger partial charge in [0.15, 0.2) is 0 Å². The van der Waals surface area contributed by atoms with Gasteiger partial charge < -0.3 is 15.6 Å². The number of halogens is 1. The average Bonchev–Trinajstić information content (AvgIpc) is 3.07. The maximum atomic E-state index is 12.8. The number of pyridine rings is 1. The molecule has 3 rings (SSSR count). The molecule has 3 N–H and O–H groups in total. The number of carbonyl (C=O) groups is 1. The molecule has 0 saturated heterocycles. The molecule has 7 heteroatoms. The van der Waals surface area contributed by atoms with E-state index in [0.717, 1.165) is 23.1 Å². The van der Waals surface area contributed by atoms with Crippen molar-refractivity contribution in [3.05, 3.63) is 77.4 Å². The Morgan fingerprint density at radius 1 is 1.19 bits per heavy atom. The molecule has 0 spiro atoms. The van der Waals surface area contributed by atoms with E-state index in [1.165, 1.54) is 12.1 Å². The van der Waals surface area contributed by atoms with E-state index < -0.39 is 5.82 Å². The second-order valence-corrected chi connectivity index (χ2v) is 6.02. The summed E-state index contributed by atoms with van der Waals surface area (Å²) in [5.74, 6) is -0.220. The van der Waals surface area contributed by atoms with Gasteiger partial charge >= 0.3 is 6.03 Å². The first-order valence-electron chi connectivity index (χ1n) is 8.28. The highest BCUT2D eigenvalue weighted by molar-refractivity contribution is 5.89. The maximum absolute atomic E-state index is 12.8. The summed E-state index contributed by atoms with van der Waals surface area (Å²) in [5.41, 5.74) is 4.45. The number of hydrogen-bond acceptors (Lipinski definition) is 3. The van der Waals surface area contributed by atoms with Crippen molar-refractivity contribution >= 4 is 11.7 Å². The first kappa shape index (κ1) is 17.6. The molecule has 0 unspecified atom stereocenters. The summed E-state index contributed by atoms with van der Waals surface area (Å²) in [6.45, 7) is 4.30. The van der Waals surface area contributed by atoms with Crippen LogP contribution in [0.5, 0.6) is 0 Å². The van der Waals surface area contributed by atoms with E-state index >= 15 is 0 Å². The summed E-state index contributed by atoms with van der Waals surface area (Å²) in [5, 5.41) is 5.45. The Bertz CT molecular complexity index is 874. The number of H-pyrrole nitrogens is 1. The van der Waals surface area contributed by atoms with Gasteiger partial charge in [-0.05, 0) is 36.8 Å². The Morgan fingerprint density at radius 3 is 2.58 bits per heavy atom. The Balaban J connectivity index is 1.56. The van der Waals surface area contributed by atoms with E-state index in [2.05, 4.69) is 32.5 Å². The molecule has 134 valence electrons. The van der Waals surface area contributed by atoms with Gasteiger partial charge in [0, 0.05) is 17.3 Å². The first-order valence-corrected chi connectivity index (χ1v) is 8.28. The van der Waals surface area contributed by atoms with Crippen molar-refractivity contribution in [2.24, 2.45) is 0 Å². The third kappa shape index (κ3) is 4.24. The molecular formula is C19H20FN5O. The van der Waals surface area contributed by atoms with E-state index in [0.29, 0.717) is 11.4 Å². The quantitative estimate of drug-likeness (QED) is 0.654. The number of hydrogen-bond donors (Lipinski definition) is 3. The minimum Gasteiger partial charge on any atom is -0.348 e. The van der Waals surface area contributed by atoms with E-state index in [-0.39, 0.29) is 18.5 Å². The van der Waals surface area contributed by atoms with Crippen molar-refractivity contribution in [1.82, 2.24) is 20.3 Å². The third-order valence-electron chi connectivity index (χ3n) is 4.19. The van der Waals surface area contributed by atoms with E-state index in [9.17, 15) is 9.18 Å². The molecule has 2 amide bonds. The van der Waals surface area contributed by atoms with E-state index in [1.807, 2.05) is 31.2 Å². The summed E-state index contributed by atoms with van der Waals surface area (Å²) in [6.07, 6.45) is 2.81. The number of imidazole rings is 1. The zero-order valence-electron chi connectivity index (χ0n) is 14.6. The fraction of sp³-hybridized carbons (Fsp3) is 0.211. The van der Waals surface area contributed by atoms with Crippen molar-refractivity contribution in [1.29, 1.82) is 0 Å². The molecule has 0 saturated carbocycles. The maximum Gasteiger partial charge on any atom is 0.319 e. The molecule has 0 aliphatic carbocycles. The molecule has 0 aliphatic heterocycles. The number of aromatic amines is 1. The SMILES string of the molecule is Cc1nc[nH]c1[C@H](C)c1ccc(NC(=O)NCc2ccc(F)cn2)cc1. The zero-order valence-corrected chi connectivity index (χ0v) is 14.6. The number of amides is 2. The molecular weight excluding hydrogens is 333 g/mol. The highest BCUT2D eigenvalue weighted by Crippen LogP contribution is 2.25. The van der Waals surface area contributed by atoms with Gasteiger partial charge in [-0.1, -0.05) is 19.1 Å². The van der Waals surface area contributed by atoms with E-state index in [1.54, 1.807) is 6.33 Å². The van der Waals surface area contributed by atoms with Crippen LogP contribution in [0.2, 0.25) is 0 Å². The lowest BCUT2D eigenvalue weighted by molar-refractivity contribution is 0.251. The Kier molecular flexibility index (Phi) is 5.26. The number of nitrogens with zero attached hydrogens (tertiary/aromatic N) is 2. The topological polar surface area (TPSA) is 82.7 Å². The highest BCUT2D eigenvalue weighted by Gasteiger charge is 2.13. The number of anilines is 1. The summed E-state index contributed by atoms with van der Waals surface area (Å²) >= 11 is 0. The van der Waals surface area contributed by atoms with Gasteiger partial charge in [-0.2, -0.15) is 0 Å². The zero-order chi connectivity index (χ0) is 18.5. The van der Waals surface area contributed by atoms with Crippen molar-refractivity contribution in [2.75, 3.05) is 5.32 Å². The van der Waals surface area contributed by atoms with Gasteiger partial charge in [-0.3, -0.25) is 4.98 Å². The monoisotopic (exact) mass is 353 g/mol. The smallest absolute Gasteiger partial charge is 0.319 e. The second-order valence-electron chi connectivity index (χ2n) is 6.02. The molecule has 6 nitrogen and oxygen atoms in total. The normalized spacial score (nSPS) is 11.8. The van der Waals surface area contributed by atoms with Crippen LogP contribution < -0.4 is 10.6 Å². The number of benzene rings is 1. The molecule has 0 aliphatic rings. The molecule has 0 fully saturated rings. The summed E-state index contributed by atoms with van der Waals surface area (Å²) in [4.78, 5) is 23.2. The number of urea groups is 1. The van der Waals surface area contributed by atoms with Crippen LogP contribution >= 0.6 is 0 Å². The fourth-order valence-electron chi connectivity index (χ4n) is 2.69. The van der Waals surface area contributed by atoms with Gasteiger partial charge in [0.1, 0.15) is 5.82 Å². The fourth-order valence-corrected chi connectivity index (χ4v) is 2.69. The molecule has 2 aromatic heterocycles. The molecule has 2 heterocycles. The molecule has 1 aromatic carbocycles. The first-order chi connectivity index (χ1) is 12.5. The lowest BCUT2D eigenvalue weighted by Crippen LogP contribution is -2.28. The Morgan fingerprint density at radius 2 is 1.96 bits per heavy atom. The van der Waals surface area contributed by atoms with Gasteiger partial charge in [-0.15, -0.1) is 0 Å². The van der Waals surface area contributed by atoms with Crippen LogP contribution in [-0.2, 0) is 6.54 Å². The number of aromatic nitrogens is 3. The second kappa shape index (κ2) is 7.77. The van der Waals surface area contributed by atoms with Crippen LogP contribution in [0.4, 0.5) is 14.9 Å². The predicted octanol–water partition coefficient (Wildman–Crippen LogP) is 3.73. The number of carbonyl (C=O) groups excluding carboxylic acids is 1. The molecule has 0 radical (unpaired) electrons. The summed E-state index contributed by atoms with van der Waals surface area (Å²) in [7, 11) is 0. The Labute approximate surface area is 150 Å². The molecule has 26 heavy (non-hydrogen) atoms. The minimum atomic E-state index is -0.405.